The Kier molecular flexibility index (Phi) is 7.78. The molecule has 0 aliphatic carbocycles. The molecule has 0 radical (unpaired) electrons. The highest BCUT2D eigenvalue weighted by molar-refractivity contribution is 7.98. The third-order valence-corrected chi connectivity index (χ3v) is 4.16. The Bertz CT molecular complexity index is 617. The first-order chi connectivity index (χ1) is 11.2. The lowest BCUT2D eigenvalue weighted by atomic mass is 10.0. The van der Waals surface area contributed by atoms with Gasteiger partial charge in [0.25, 0.3) is 5.91 Å². The molecule has 0 bridgehead atoms. The van der Waals surface area contributed by atoms with Crippen molar-refractivity contribution < 1.29 is 19.5 Å². The summed E-state index contributed by atoms with van der Waals surface area (Å²) >= 11 is 1.53. The van der Waals surface area contributed by atoms with Crippen LogP contribution in [-0.2, 0) is 9.59 Å². The van der Waals surface area contributed by atoms with Gasteiger partial charge >= 0.3 is 5.97 Å². The van der Waals surface area contributed by atoms with Crippen molar-refractivity contribution in [2.45, 2.75) is 38.1 Å². The summed E-state index contributed by atoms with van der Waals surface area (Å²) in [5.41, 5.74) is 1.32. The first-order valence-corrected chi connectivity index (χ1v) is 8.92. The van der Waals surface area contributed by atoms with E-state index in [9.17, 15) is 14.4 Å². The van der Waals surface area contributed by atoms with Crippen LogP contribution in [-0.4, -0.2) is 41.7 Å². The maximum atomic E-state index is 12.2. The minimum Gasteiger partial charge on any atom is -0.480 e. The number of carbonyl (C=O) groups excluding carboxylic acids is 2. The van der Waals surface area contributed by atoms with Gasteiger partial charge in [0.2, 0.25) is 5.91 Å². The van der Waals surface area contributed by atoms with E-state index < -0.39 is 17.9 Å². The van der Waals surface area contributed by atoms with Gasteiger partial charge in [-0.15, -0.1) is 11.8 Å². The number of aliphatic carboxylic acids is 1. The molecular weight excluding hydrogens is 328 g/mol. The smallest absolute Gasteiger partial charge is 0.326 e. The molecule has 1 aromatic rings. The van der Waals surface area contributed by atoms with Crippen molar-refractivity contribution in [2.75, 3.05) is 12.8 Å². The molecule has 0 spiro atoms. The Balaban J connectivity index is 2.63. The lowest BCUT2D eigenvalue weighted by molar-refractivity contribution is -0.142. The number of carboxylic acids is 1. The van der Waals surface area contributed by atoms with Crippen LogP contribution in [0, 0.1) is 12.8 Å². The van der Waals surface area contributed by atoms with E-state index in [4.69, 9.17) is 5.11 Å². The Morgan fingerprint density at radius 2 is 1.92 bits per heavy atom. The van der Waals surface area contributed by atoms with Crippen molar-refractivity contribution in [1.29, 1.82) is 0 Å². The van der Waals surface area contributed by atoms with Crippen LogP contribution < -0.4 is 10.6 Å². The molecule has 6 nitrogen and oxygen atoms in total. The number of rotatable bonds is 8. The second kappa shape index (κ2) is 9.32. The van der Waals surface area contributed by atoms with Gasteiger partial charge in [0.05, 0.1) is 6.54 Å². The molecule has 0 saturated carbocycles. The zero-order valence-electron chi connectivity index (χ0n) is 14.4. The highest BCUT2D eigenvalue weighted by Gasteiger charge is 2.21. The van der Waals surface area contributed by atoms with Crippen LogP contribution in [0.3, 0.4) is 0 Å². The van der Waals surface area contributed by atoms with E-state index in [1.807, 2.05) is 39.2 Å². The third kappa shape index (κ3) is 6.23. The summed E-state index contributed by atoms with van der Waals surface area (Å²) in [5, 5.41) is 14.1. The zero-order valence-corrected chi connectivity index (χ0v) is 15.2. The van der Waals surface area contributed by atoms with Crippen LogP contribution >= 0.6 is 11.8 Å². The zero-order chi connectivity index (χ0) is 18.3. The van der Waals surface area contributed by atoms with Crippen molar-refractivity contribution in [2.24, 2.45) is 5.92 Å². The standard InChI is InChI=1S/C17H24N2O4S/c1-10(2)7-14(17(22)23)19-15(20)9-18-16(21)13-8-12(24-4)6-5-11(13)3/h5-6,8,10,14H,7,9H2,1-4H3,(H,18,21)(H,19,20)(H,22,23)/t14-/m0/s1. The monoisotopic (exact) mass is 352 g/mol. The molecule has 1 rings (SSSR count). The predicted molar refractivity (Wildman–Crippen MR) is 94.3 cm³/mol. The van der Waals surface area contributed by atoms with Crippen LogP contribution in [0.5, 0.6) is 0 Å². The molecule has 0 heterocycles. The van der Waals surface area contributed by atoms with E-state index in [1.165, 1.54) is 11.8 Å². The summed E-state index contributed by atoms with van der Waals surface area (Å²) in [6.45, 7) is 5.32. The number of benzene rings is 1. The van der Waals surface area contributed by atoms with E-state index in [1.54, 1.807) is 6.07 Å². The van der Waals surface area contributed by atoms with Gasteiger partial charge in [0.15, 0.2) is 0 Å². The van der Waals surface area contributed by atoms with E-state index in [0.717, 1.165) is 10.5 Å². The number of hydrogen-bond acceptors (Lipinski definition) is 4. The maximum Gasteiger partial charge on any atom is 0.326 e. The topological polar surface area (TPSA) is 95.5 Å². The first-order valence-electron chi connectivity index (χ1n) is 7.69. The van der Waals surface area contributed by atoms with E-state index in [0.29, 0.717) is 12.0 Å². The molecule has 1 aromatic carbocycles. The van der Waals surface area contributed by atoms with E-state index in [2.05, 4.69) is 10.6 Å². The summed E-state index contributed by atoms with van der Waals surface area (Å²) in [4.78, 5) is 36.2. The van der Waals surface area contributed by atoms with Crippen molar-refractivity contribution >= 4 is 29.5 Å². The maximum absolute atomic E-state index is 12.2. The molecule has 0 unspecified atom stereocenters. The largest absolute Gasteiger partial charge is 0.480 e. The lowest BCUT2D eigenvalue weighted by Gasteiger charge is -2.16. The number of hydrogen-bond donors (Lipinski definition) is 3. The highest BCUT2D eigenvalue weighted by Crippen LogP contribution is 2.18. The van der Waals surface area contributed by atoms with E-state index >= 15 is 0 Å². The first kappa shape index (κ1) is 20.0. The van der Waals surface area contributed by atoms with Crippen LogP contribution in [0.15, 0.2) is 23.1 Å². The van der Waals surface area contributed by atoms with Crippen LogP contribution in [0.2, 0.25) is 0 Å². The van der Waals surface area contributed by atoms with Crippen molar-refractivity contribution in [1.82, 2.24) is 10.6 Å². The van der Waals surface area contributed by atoms with Gasteiger partial charge in [0.1, 0.15) is 6.04 Å². The predicted octanol–water partition coefficient (Wildman–Crippen LogP) is 2.06. The van der Waals surface area contributed by atoms with E-state index in [-0.39, 0.29) is 18.4 Å². The Hall–Kier alpha value is -2.02. The van der Waals surface area contributed by atoms with Crippen molar-refractivity contribution in [3.05, 3.63) is 29.3 Å². The minimum atomic E-state index is -1.08. The number of nitrogens with one attached hydrogen (secondary N) is 2. The molecule has 0 fully saturated rings. The molecule has 132 valence electrons. The molecule has 0 saturated heterocycles. The molecule has 24 heavy (non-hydrogen) atoms. The number of carbonyl (C=O) groups is 3. The molecule has 0 aliphatic heterocycles. The average Bonchev–Trinajstić information content (AvgIpc) is 2.52. The van der Waals surface area contributed by atoms with Gasteiger partial charge in [-0.2, -0.15) is 0 Å². The Morgan fingerprint density at radius 3 is 2.46 bits per heavy atom. The number of carboxylic acid groups (broad SMARTS) is 1. The van der Waals surface area contributed by atoms with Crippen LogP contribution in [0.4, 0.5) is 0 Å². The normalized spacial score (nSPS) is 11.9. The molecule has 0 aromatic heterocycles. The van der Waals surface area contributed by atoms with Crippen molar-refractivity contribution in [3.8, 4) is 0 Å². The quantitative estimate of drug-likeness (QED) is 0.623. The molecule has 0 aliphatic rings. The fourth-order valence-electron chi connectivity index (χ4n) is 2.17. The summed E-state index contributed by atoms with van der Waals surface area (Å²) in [6, 6.07) is 4.60. The molecule has 2 amide bonds. The molecule has 7 heteroatoms. The third-order valence-electron chi connectivity index (χ3n) is 3.44. The molecule has 1 atom stereocenters. The van der Waals surface area contributed by atoms with Gasteiger partial charge in [-0.1, -0.05) is 19.9 Å². The second-order valence-electron chi connectivity index (χ2n) is 5.95. The molecule has 3 N–H and O–H groups in total. The van der Waals surface area contributed by atoms with Crippen molar-refractivity contribution in [3.63, 3.8) is 0 Å². The van der Waals surface area contributed by atoms with Gasteiger partial charge in [-0.3, -0.25) is 9.59 Å². The summed E-state index contributed by atoms with van der Waals surface area (Å²) in [7, 11) is 0. The average molecular weight is 352 g/mol. The Labute approximate surface area is 146 Å². The van der Waals surface area contributed by atoms with Gasteiger partial charge < -0.3 is 15.7 Å². The Morgan fingerprint density at radius 1 is 1.25 bits per heavy atom. The summed E-state index contributed by atoms with van der Waals surface area (Å²) < 4.78 is 0. The van der Waals surface area contributed by atoms with Gasteiger partial charge in [0, 0.05) is 10.5 Å². The number of aryl methyl sites for hydroxylation is 1. The van der Waals surface area contributed by atoms with Gasteiger partial charge in [-0.25, -0.2) is 4.79 Å². The summed E-state index contributed by atoms with van der Waals surface area (Å²) in [5.74, 6) is -1.81. The number of amides is 2. The second-order valence-corrected chi connectivity index (χ2v) is 6.83. The van der Waals surface area contributed by atoms with Gasteiger partial charge in [-0.05, 0) is 43.2 Å². The van der Waals surface area contributed by atoms with Crippen LogP contribution in [0.25, 0.3) is 0 Å². The highest BCUT2D eigenvalue weighted by atomic mass is 32.2. The number of thioether (sulfide) groups is 1. The SMILES string of the molecule is CSc1ccc(C)c(C(=O)NCC(=O)N[C@@H](CC(C)C)C(=O)O)c1. The lowest BCUT2D eigenvalue weighted by Crippen LogP contribution is -2.46. The minimum absolute atomic E-state index is 0.137. The summed E-state index contributed by atoms with van der Waals surface area (Å²) in [6.07, 6.45) is 2.25. The fourth-order valence-corrected chi connectivity index (χ4v) is 2.61. The molecular formula is C17H24N2O4S. The fraction of sp³-hybridized carbons (Fsp3) is 0.471. The van der Waals surface area contributed by atoms with Crippen LogP contribution in [0.1, 0.15) is 36.2 Å².